The number of nitrogens with one attached hydrogen (secondary N) is 2. The largest absolute Gasteiger partial charge is 0.383 e. The molecule has 2 N–H and O–H groups in total. The van der Waals surface area contributed by atoms with Crippen molar-refractivity contribution < 1.29 is 9.53 Å². The van der Waals surface area contributed by atoms with Gasteiger partial charge < -0.3 is 15.4 Å². The molecule has 0 aliphatic carbocycles. The number of hydrogen-bond donors (Lipinski definition) is 2. The SMILES string of the molecule is CCCC1(C(=O)NCCOC)CCCN1. The average Bonchev–Trinajstić information content (AvgIpc) is 2.68. The highest BCUT2D eigenvalue weighted by atomic mass is 16.5. The maximum absolute atomic E-state index is 12.0. The Hall–Kier alpha value is -0.610. The van der Waals surface area contributed by atoms with Gasteiger partial charge in [0.15, 0.2) is 0 Å². The molecule has 1 aliphatic rings. The lowest BCUT2D eigenvalue weighted by Gasteiger charge is -2.27. The van der Waals surface area contributed by atoms with E-state index in [1.807, 2.05) is 0 Å². The van der Waals surface area contributed by atoms with Crippen molar-refractivity contribution >= 4 is 5.91 Å². The van der Waals surface area contributed by atoms with Crippen LogP contribution in [0.2, 0.25) is 0 Å². The molecule has 1 heterocycles. The Balaban J connectivity index is 2.44. The molecule has 1 aliphatic heterocycles. The molecule has 15 heavy (non-hydrogen) atoms. The fourth-order valence-electron chi connectivity index (χ4n) is 2.19. The summed E-state index contributed by atoms with van der Waals surface area (Å²) >= 11 is 0. The summed E-state index contributed by atoms with van der Waals surface area (Å²) in [6.45, 7) is 4.25. The average molecular weight is 214 g/mol. The Bertz CT molecular complexity index is 201. The summed E-state index contributed by atoms with van der Waals surface area (Å²) < 4.78 is 4.91. The molecular formula is C11H22N2O2. The third-order valence-electron chi connectivity index (χ3n) is 2.95. The Morgan fingerprint density at radius 2 is 2.40 bits per heavy atom. The summed E-state index contributed by atoms with van der Waals surface area (Å²) in [7, 11) is 1.64. The van der Waals surface area contributed by atoms with Crippen molar-refractivity contribution in [3.8, 4) is 0 Å². The monoisotopic (exact) mass is 214 g/mol. The minimum Gasteiger partial charge on any atom is -0.383 e. The normalized spacial score (nSPS) is 25.5. The van der Waals surface area contributed by atoms with Crippen LogP contribution in [-0.4, -0.2) is 38.3 Å². The molecule has 4 heteroatoms. The summed E-state index contributed by atoms with van der Waals surface area (Å²) in [5, 5.41) is 6.27. The van der Waals surface area contributed by atoms with Gasteiger partial charge in [-0.25, -0.2) is 0 Å². The zero-order valence-electron chi connectivity index (χ0n) is 9.77. The van der Waals surface area contributed by atoms with E-state index in [0.717, 1.165) is 32.2 Å². The molecule has 1 unspecified atom stereocenters. The minimum absolute atomic E-state index is 0.138. The maximum Gasteiger partial charge on any atom is 0.240 e. The first kappa shape index (κ1) is 12.5. The molecule has 0 spiro atoms. The number of ether oxygens (including phenoxy) is 1. The molecule has 0 bridgehead atoms. The Morgan fingerprint density at radius 1 is 1.60 bits per heavy atom. The van der Waals surface area contributed by atoms with Crippen molar-refractivity contribution in [3.63, 3.8) is 0 Å². The van der Waals surface area contributed by atoms with Crippen molar-refractivity contribution in [2.24, 2.45) is 0 Å². The van der Waals surface area contributed by atoms with Crippen LogP contribution in [0.4, 0.5) is 0 Å². The summed E-state index contributed by atoms with van der Waals surface area (Å²) in [5.41, 5.74) is -0.303. The predicted octanol–water partition coefficient (Wildman–Crippen LogP) is 0.671. The van der Waals surface area contributed by atoms with Gasteiger partial charge in [-0.05, 0) is 25.8 Å². The lowest BCUT2D eigenvalue weighted by atomic mass is 9.91. The van der Waals surface area contributed by atoms with E-state index < -0.39 is 0 Å². The third-order valence-corrected chi connectivity index (χ3v) is 2.95. The van der Waals surface area contributed by atoms with Crippen LogP contribution < -0.4 is 10.6 Å². The molecule has 1 saturated heterocycles. The molecule has 1 atom stereocenters. The van der Waals surface area contributed by atoms with Crippen LogP contribution in [0.25, 0.3) is 0 Å². The second-order valence-electron chi connectivity index (χ2n) is 4.11. The van der Waals surface area contributed by atoms with Gasteiger partial charge in [0, 0.05) is 13.7 Å². The van der Waals surface area contributed by atoms with Gasteiger partial charge in [-0.1, -0.05) is 13.3 Å². The molecule has 1 fully saturated rings. The molecule has 1 amide bonds. The van der Waals surface area contributed by atoms with Crippen molar-refractivity contribution in [1.82, 2.24) is 10.6 Å². The Kier molecular flexibility index (Phi) is 5.05. The van der Waals surface area contributed by atoms with Gasteiger partial charge in [0.25, 0.3) is 0 Å². The molecule has 0 aromatic heterocycles. The topological polar surface area (TPSA) is 50.4 Å². The van der Waals surface area contributed by atoms with E-state index in [0.29, 0.717) is 13.2 Å². The van der Waals surface area contributed by atoms with E-state index in [2.05, 4.69) is 17.6 Å². The zero-order chi connectivity index (χ0) is 11.1. The molecular weight excluding hydrogens is 192 g/mol. The van der Waals surface area contributed by atoms with Gasteiger partial charge in [-0.3, -0.25) is 4.79 Å². The molecule has 0 aromatic carbocycles. The fourth-order valence-corrected chi connectivity index (χ4v) is 2.19. The van der Waals surface area contributed by atoms with Gasteiger partial charge in [0.2, 0.25) is 5.91 Å². The number of methoxy groups -OCH3 is 1. The van der Waals surface area contributed by atoms with Crippen LogP contribution in [0.3, 0.4) is 0 Å². The van der Waals surface area contributed by atoms with E-state index >= 15 is 0 Å². The highest BCUT2D eigenvalue weighted by molar-refractivity contribution is 5.86. The third kappa shape index (κ3) is 3.18. The van der Waals surface area contributed by atoms with Crippen molar-refractivity contribution in [2.75, 3.05) is 26.8 Å². The molecule has 1 rings (SSSR count). The van der Waals surface area contributed by atoms with E-state index in [1.54, 1.807) is 7.11 Å². The first-order valence-corrected chi connectivity index (χ1v) is 5.77. The maximum atomic E-state index is 12.0. The van der Waals surface area contributed by atoms with Crippen LogP contribution in [0.15, 0.2) is 0 Å². The van der Waals surface area contributed by atoms with Crippen molar-refractivity contribution in [3.05, 3.63) is 0 Å². The van der Waals surface area contributed by atoms with Gasteiger partial charge in [0.05, 0.1) is 12.1 Å². The predicted molar refractivity (Wildman–Crippen MR) is 59.8 cm³/mol. The summed E-state index contributed by atoms with van der Waals surface area (Å²) in [4.78, 5) is 12.0. The van der Waals surface area contributed by atoms with Crippen LogP contribution in [0.5, 0.6) is 0 Å². The number of carbonyl (C=O) groups excluding carboxylic acids is 1. The number of hydrogen-bond acceptors (Lipinski definition) is 3. The summed E-state index contributed by atoms with van der Waals surface area (Å²) in [6.07, 6.45) is 4.01. The molecule has 0 aromatic rings. The molecule has 0 saturated carbocycles. The first-order valence-electron chi connectivity index (χ1n) is 5.77. The van der Waals surface area contributed by atoms with Crippen LogP contribution in [0, 0.1) is 0 Å². The Labute approximate surface area is 91.8 Å². The van der Waals surface area contributed by atoms with E-state index in [-0.39, 0.29) is 11.4 Å². The highest BCUT2D eigenvalue weighted by Gasteiger charge is 2.39. The molecule has 4 nitrogen and oxygen atoms in total. The van der Waals surface area contributed by atoms with Crippen molar-refractivity contribution in [2.45, 2.75) is 38.1 Å². The first-order chi connectivity index (χ1) is 7.25. The van der Waals surface area contributed by atoms with Crippen molar-refractivity contribution in [1.29, 1.82) is 0 Å². The van der Waals surface area contributed by atoms with Gasteiger partial charge in [-0.15, -0.1) is 0 Å². The van der Waals surface area contributed by atoms with Gasteiger partial charge in [-0.2, -0.15) is 0 Å². The van der Waals surface area contributed by atoms with Crippen LogP contribution in [-0.2, 0) is 9.53 Å². The number of amides is 1. The second kappa shape index (κ2) is 6.08. The van der Waals surface area contributed by atoms with Crippen LogP contribution in [0.1, 0.15) is 32.6 Å². The number of rotatable bonds is 6. The highest BCUT2D eigenvalue weighted by Crippen LogP contribution is 2.24. The smallest absolute Gasteiger partial charge is 0.240 e. The van der Waals surface area contributed by atoms with E-state index in [4.69, 9.17) is 4.74 Å². The van der Waals surface area contributed by atoms with Gasteiger partial charge in [0.1, 0.15) is 0 Å². The molecule has 0 radical (unpaired) electrons. The Morgan fingerprint density at radius 3 is 2.93 bits per heavy atom. The minimum atomic E-state index is -0.303. The van der Waals surface area contributed by atoms with Crippen LogP contribution >= 0.6 is 0 Å². The summed E-state index contributed by atoms with van der Waals surface area (Å²) in [6, 6.07) is 0. The quantitative estimate of drug-likeness (QED) is 0.639. The van der Waals surface area contributed by atoms with E-state index in [1.165, 1.54) is 0 Å². The second-order valence-corrected chi connectivity index (χ2v) is 4.11. The van der Waals surface area contributed by atoms with Gasteiger partial charge >= 0.3 is 0 Å². The molecule has 88 valence electrons. The lowest BCUT2D eigenvalue weighted by molar-refractivity contribution is -0.127. The number of carbonyl (C=O) groups is 1. The fraction of sp³-hybridized carbons (Fsp3) is 0.909. The van der Waals surface area contributed by atoms with E-state index in [9.17, 15) is 4.79 Å². The standard InChI is InChI=1S/C11H22N2O2/c1-3-5-11(6-4-7-13-11)10(14)12-8-9-15-2/h13H,3-9H2,1-2H3,(H,12,14). The lowest BCUT2D eigenvalue weighted by Crippen LogP contribution is -2.53. The zero-order valence-corrected chi connectivity index (χ0v) is 9.77. The summed E-state index contributed by atoms with van der Waals surface area (Å²) in [5.74, 6) is 0.138.